The topological polar surface area (TPSA) is 71.4 Å². The lowest BCUT2D eigenvalue weighted by Gasteiger charge is -2.33. The molecule has 2 fully saturated rings. The number of amides is 1. The highest BCUT2D eigenvalue weighted by atomic mass is 32.2. The summed E-state index contributed by atoms with van der Waals surface area (Å²) in [5.74, 6) is 0.126. The number of sulfonamides is 1. The van der Waals surface area contributed by atoms with Gasteiger partial charge in [0.2, 0.25) is 10.0 Å². The number of hydrogen-bond donors (Lipinski definition) is 1. The normalized spacial score (nSPS) is 22.1. The molecule has 0 aliphatic carbocycles. The summed E-state index contributed by atoms with van der Waals surface area (Å²) in [6, 6.07) is 7.15. The van der Waals surface area contributed by atoms with Crippen LogP contribution in [-0.4, -0.2) is 76.5 Å². The Morgan fingerprint density at radius 2 is 2.04 bits per heavy atom. The fraction of sp³-hybridized carbons (Fsp3) is 0.611. The number of rotatable bonds is 5. The third-order valence-electron chi connectivity index (χ3n) is 5.12. The first-order valence-electron chi connectivity index (χ1n) is 9.13. The number of benzene rings is 1. The minimum absolute atomic E-state index is 0.126. The van der Waals surface area contributed by atoms with Crippen molar-refractivity contribution in [2.45, 2.75) is 30.4 Å². The minimum Gasteiger partial charge on any atom is -0.368 e. The van der Waals surface area contributed by atoms with Gasteiger partial charge in [0.05, 0.1) is 31.1 Å². The molecule has 2 saturated heterocycles. The number of carbonyl (C=O) groups excluding carboxylic acids is 1. The number of hydrogen-bond acceptors (Lipinski definition) is 4. The Hall–Kier alpha value is -1.48. The lowest BCUT2D eigenvalue weighted by atomic mass is 10.1. The van der Waals surface area contributed by atoms with Crippen LogP contribution in [0.15, 0.2) is 29.2 Å². The third-order valence-corrected chi connectivity index (χ3v) is 6.93. The van der Waals surface area contributed by atoms with E-state index in [9.17, 15) is 13.2 Å². The van der Waals surface area contributed by atoms with E-state index >= 15 is 0 Å². The molecule has 0 saturated carbocycles. The number of nitrogens with zero attached hydrogens (tertiary/aromatic N) is 2. The Kier molecular flexibility index (Phi) is 5.96. The van der Waals surface area contributed by atoms with Crippen molar-refractivity contribution in [2.75, 3.05) is 46.9 Å². The Balaban J connectivity index is 1.57. The number of nitrogens with one attached hydrogen (secondary N) is 1. The van der Waals surface area contributed by atoms with Crippen LogP contribution in [0.25, 0.3) is 0 Å². The average Bonchev–Trinajstić information content (AvgIpc) is 3.16. The first-order chi connectivity index (χ1) is 12.4. The summed E-state index contributed by atoms with van der Waals surface area (Å²) in [5, 5.41) is 0. The van der Waals surface area contributed by atoms with Gasteiger partial charge in [-0.15, -0.1) is 0 Å². The van der Waals surface area contributed by atoms with Crippen LogP contribution in [0, 0.1) is 0 Å². The Bertz CT molecular complexity index is 737. The van der Waals surface area contributed by atoms with Gasteiger partial charge >= 0.3 is 0 Å². The highest BCUT2D eigenvalue weighted by Gasteiger charge is 2.31. The molecule has 1 aromatic rings. The summed E-state index contributed by atoms with van der Waals surface area (Å²) >= 11 is 0. The van der Waals surface area contributed by atoms with Gasteiger partial charge < -0.3 is 14.5 Å². The summed E-state index contributed by atoms with van der Waals surface area (Å²) in [7, 11) is -0.334. The molecule has 1 aromatic carbocycles. The van der Waals surface area contributed by atoms with Gasteiger partial charge in [0.1, 0.15) is 12.6 Å². The Morgan fingerprint density at radius 1 is 1.31 bits per heavy atom. The van der Waals surface area contributed by atoms with Crippen LogP contribution >= 0.6 is 0 Å². The third kappa shape index (κ3) is 4.25. The molecule has 144 valence electrons. The molecule has 3 rings (SSSR count). The van der Waals surface area contributed by atoms with Crippen LogP contribution in [0.4, 0.5) is 0 Å². The maximum atomic E-state index is 12.4. The van der Waals surface area contributed by atoms with Crippen molar-refractivity contribution in [3.8, 4) is 0 Å². The van der Waals surface area contributed by atoms with Crippen LogP contribution in [0.3, 0.4) is 0 Å². The van der Waals surface area contributed by atoms with Crippen LogP contribution < -0.4 is 4.90 Å². The van der Waals surface area contributed by atoms with E-state index in [1.165, 1.54) is 23.3 Å². The molecule has 0 radical (unpaired) electrons. The molecule has 1 N–H and O–H groups in total. The highest BCUT2D eigenvalue weighted by Crippen LogP contribution is 2.16. The maximum Gasteiger partial charge on any atom is 0.252 e. The van der Waals surface area contributed by atoms with Crippen molar-refractivity contribution in [1.82, 2.24) is 9.21 Å². The summed E-state index contributed by atoms with van der Waals surface area (Å²) in [6.07, 6.45) is 1.55. The molecule has 0 unspecified atom stereocenters. The van der Waals surface area contributed by atoms with Crippen molar-refractivity contribution in [2.24, 2.45) is 0 Å². The standard InChI is InChI=1S/C18H27N3O4S/c1-19(2)26(23,24)16-6-3-5-15(13-16)14-20-8-10-21(11-9-20)18(22)17-7-4-12-25-17/h3,5-6,13,17H,4,7-12,14H2,1-2H3/p+1/t17-/m1/s1. The van der Waals surface area contributed by atoms with E-state index < -0.39 is 10.0 Å². The van der Waals surface area contributed by atoms with Crippen LogP contribution in [-0.2, 0) is 26.1 Å². The first-order valence-corrected chi connectivity index (χ1v) is 10.6. The zero-order valence-corrected chi connectivity index (χ0v) is 16.3. The second-order valence-corrected chi connectivity index (χ2v) is 9.34. The van der Waals surface area contributed by atoms with Crippen LogP contribution in [0.5, 0.6) is 0 Å². The monoisotopic (exact) mass is 382 g/mol. The van der Waals surface area contributed by atoms with E-state index in [4.69, 9.17) is 4.74 Å². The van der Waals surface area contributed by atoms with Crippen LogP contribution in [0.1, 0.15) is 18.4 Å². The van der Waals surface area contributed by atoms with Crippen molar-refractivity contribution in [3.63, 3.8) is 0 Å². The number of ether oxygens (including phenoxy) is 1. The van der Waals surface area contributed by atoms with Crippen molar-refractivity contribution in [1.29, 1.82) is 0 Å². The number of piperazine rings is 1. The molecule has 26 heavy (non-hydrogen) atoms. The lowest BCUT2D eigenvalue weighted by molar-refractivity contribution is -0.917. The quantitative estimate of drug-likeness (QED) is 0.734. The maximum absolute atomic E-state index is 12.4. The van der Waals surface area contributed by atoms with E-state index in [0.717, 1.165) is 51.1 Å². The van der Waals surface area contributed by atoms with Gasteiger partial charge in [-0.3, -0.25) is 4.79 Å². The first kappa shape index (κ1) is 19.3. The van der Waals surface area contributed by atoms with Gasteiger partial charge in [0.15, 0.2) is 0 Å². The molecular formula is C18H28N3O4S+. The fourth-order valence-electron chi connectivity index (χ4n) is 3.51. The summed E-state index contributed by atoms with van der Waals surface area (Å²) in [4.78, 5) is 16.0. The summed E-state index contributed by atoms with van der Waals surface area (Å²) in [5.41, 5.74) is 1.00. The van der Waals surface area contributed by atoms with Crippen molar-refractivity contribution < 1.29 is 22.8 Å². The largest absolute Gasteiger partial charge is 0.368 e. The zero-order valence-electron chi connectivity index (χ0n) is 15.5. The van der Waals surface area contributed by atoms with Gasteiger partial charge in [0.25, 0.3) is 5.91 Å². The molecule has 2 aliphatic heterocycles. The predicted molar refractivity (Wildman–Crippen MR) is 97.3 cm³/mol. The van der Waals surface area contributed by atoms with Gasteiger partial charge in [-0.25, -0.2) is 12.7 Å². The molecule has 1 atom stereocenters. The van der Waals surface area contributed by atoms with Crippen LogP contribution in [0.2, 0.25) is 0 Å². The van der Waals surface area contributed by atoms with Crippen molar-refractivity contribution >= 4 is 15.9 Å². The zero-order chi connectivity index (χ0) is 18.7. The second-order valence-electron chi connectivity index (χ2n) is 7.19. The molecule has 2 aliphatic rings. The van der Waals surface area contributed by atoms with Gasteiger partial charge in [0, 0.05) is 26.3 Å². The molecule has 7 nitrogen and oxygen atoms in total. The average molecular weight is 383 g/mol. The minimum atomic E-state index is -3.41. The van der Waals surface area contributed by atoms with E-state index in [1.54, 1.807) is 18.2 Å². The molecule has 0 spiro atoms. The molecule has 0 aromatic heterocycles. The molecular weight excluding hydrogens is 354 g/mol. The molecule has 0 bridgehead atoms. The Morgan fingerprint density at radius 3 is 2.65 bits per heavy atom. The highest BCUT2D eigenvalue weighted by molar-refractivity contribution is 7.89. The van der Waals surface area contributed by atoms with E-state index in [2.05, 4.69) is 0 Å². The molecule has 1 amide bonds. The van der Waals surface area contributed by atoms with Gasteiger partial charge in [-0.2, -0.15) is 0 Å². The van der Waals surface area contributed by atoms with Crippen molar-refractivity contribution in [3.05, 3.63) is 29.8 Å². The Labute approximate surface area is 155 Å². The van der Waals surface area contributed by atoms with Gasteiger partial charge in [-0.05, 0) is 25.0 Å². The SMILES string of the molecule is CN(C)S(=O)(=O)c1cccc(C[NH+]2CCN(C(=O)[C@H]3CCCO3)CC2)c1. The predicted octanol–water partition coefficient (Wildman–Crippen LogP) is -0.657. The fourth-order valence-corrected chi connectivity index (χ4v) is 4.48. The van der Waals surface area contributed by atoms with E-state index in [1.807, 2.05) is 11.0 Å². The summed E-state index contributed by atoms with van der Waals surface area (Å²) < 4.78 is 31.3. The second kappa shape index (κ2) is 8.04. The summed E-state index contributed by atoms with van der Waals surface area (Å²) in [6.45, 7) is 4.63. The number of quaternary nitrogens is 1. The molecule has 2 heterocycles. The smallest absolute Gasteiger partial charge is 0.252 e. The van der Waals surface area contributed by atoms with E-state index in [-0.39, 0.29) is 12.0 Å². The van der Waals surface area contributed by atoms with E-state index in [0.29, 0.717) is 11.5 Å². The lowest BCUT2D eigenvalue weighted by Crippen LogP contribution is -3.13. The number of carbonyl (C=O) groups is 1. The van der Waals surface area contributed by atoms with Gasteiger partial charge in [-0.1, -0.05) is 12.1 Å². The molecule has 8 heteroatoms.